The second-order valence-electron chi connectivity index (χ2n) is 6.52. The molecule has 2 aromatic rings. The number of rotatable bonds is 10. The van der Waals surface area contributed by atoms with Crippen LogP contribution in [0.15, 0.2) is 48.5 Å². The van der Waals surface area contributed by atoms with E-state index < -0.39 is 5.97 Å². The Morgan fingerprint density at radius 3 is 2.36 bits per heavy atom. The lowest BCUT2D eigenvalue weighted by molar-refractivity contribution is -0.148. The van der Waals surface area contributed by atoms with E-state index in [-0.39, 0.29) is 25.0 Å². The van der Waals surface area contributed by atoms with E-state index in [2.05, 4.69) is 17.4 Å². The zero-order valence-electron chi connectivity index (χ0n) is 16.6. The summed E-state index contributed by atoms with van der Waals surface area (Å²) in [7, 11) is 3.08. The SMILES string of the molecule is COc1ccc(CC(=O)OCC(=O)N[C@@H](C)CCc2ccccc2)cc1OC. The number of aryl methyl sites for hydroxylation is 1. The molecule has 6 heteroatoms. The highest BCUT2D eigenvalue weighted by atomic mass is 16.5. The van der Waals surface area contributed by atoms with Gasteiger partial charge in [0.25, 0.3) is 5.91 Å². The number of methoxy groups -OCH3 is 2. The number of amides is 1. The van der Waals surface area contributed by atoms with E-state index in [0.717, 1.165) is 18.4 Å². The van der Waals surface area contributed by atoms with Gasteiger partial charge in [-0.3, -0.25) is 9.59 Å². The summed E-state index contributed by atoms with van der Waals surface area (Å²) < 4.78 is 15.5. The van der Waals surface area contributed by atoms with E-state index in [9.17, 15) is 9.59 Å². The summed E-state index contributed by atoms with van der Waals surface area (Å²) in [6.07, 6.45) is 1.74. The molecule has 1 N–H and O–H groups in total. The summed E-state index contributed by atoms with van der Waals surface area (Å²) in [5, 5.41) is 2.85. The molecule has 0 aliphatic carbocycles. The normalized spacial score (nSPS) is 11.4. The van der Waals surface area contributed by atoms with Crippen molar-refractivity contribution in [2.45, 2.75) is 32.2 Å². The van der Waals surface area contributed by atoms with Crippen LogP contribution < -0.4 is 14.8 Å². The first-order chi connectivity index (χ1) is 13.5. The van der Waals surface area contributed by atoms with E-state index in [0.29, 0.717) is 11.5 Å². The molecule has 0 bridgehead atoms. The van der Waals surface area contributed by atoms with Crippen molar-refractivity contribution < 1.29 is 23.8 Å². The van der Waals surface area contributed by atoms with Gasteiger partial charge in [0.2, 0.25) is 0 Å². The molecule has 0 saturated carbocycles. The number of benzene rings is 2. The van der Waals surface area contributed by atoms with Gasteiger partial charge in [-0.05, 0) is 43.0 Å². The topological polar surface area (TPSA) is 73.9 Å². The van der Waals surface area contributed by atoms with Crippen LogP contribution in [0.25, 0.3) is 0 Å². The average molecular weight is 385 g/mol. The summed E-state index contributed by atoms with van der Waals surface area (Å²) >= 11 is 0. The number of esters is 1. The Morgan fingerprint density at radius 1 is 0.964 bits per heavy atom. The number of hydrogen-bond donors (Lipinski definition) is 1. The minimum atomic E-state index is -0.473. The third-order valence-corrected chi connectivity index (χ3v) is 4.28. The van der Waals surface area contributed by atoms with Crippen molar-refractivity contribution in [1.29, 1.82) is 0 Å². The Bertz CT molecular complexity index is 776. The summed E-state index contributed by atoms with van der Waals surface area (Å²) in [4.78, 5) is 24.0. The van der Waals surface area contributed by atoms with Crippen LogP contribution in [0.2, 0.25) is 0 Å². The molecular weight excluding hydrogens is 358 g/mol. The Morgan fingerprint density at radius 2 is 1.68 bits per heavy atom. The molecule has 28 heavy (non-hydrogen) atoms. The van der Waals surface area contributed by atoms with Crippen LogP contribution in [-0.4, -0.2) is 38.7 Å². The van der Waals surface area contributed by atoms with Gasteiger partial charge in [0.1, 0.15) is 0 Å². The molecule has 2 rings (SSSR count). The van der Waals surface area contributed by atoms with Gasteiger partial charge in [-0.15, -0.1) is 0 Å². The third kappa shape index (κ3) is 6.95. The first kappa shape index (κ1) is 21.3. The second-order valence-corrected chi connectivity index (χ2v) is 6.52. The molecule has 0 fully saturated rings. The van der Waals surface area contributed by atoms with Crippen molar-refractivity contribution >= 4 is 11.9 Å². The molecule has 1 amide bonds. The quantitative estimate of drug-likeness (QED) is 0.637. The lowest BCUT2D eigenvalue weighted by atomic mass is 10.1. The number of ether oxygens (including phenoxy) is 3. The number of carbonyl (C=O) groups excluding carboxylic acids is 2. The van der Waals surface area contributed by atoms with Gasteiger partial charge in [-0.25, -0.2) is 0 Å². The molecule has 150 valence electrons. The van der Waals surface area contributed by atoms with Gasteiger partial charge < -0.3 is 19.5 Å². The van der Waals surface area contributed by atoms with Crippen molar-refractivity contribution in [2.75, 3.05) is 20.8 Å². The van der Waals surface area contributed by atoms with Crippen LogP contribution in [0.1, 0.15) is 24.5 Å². The minimum Gasteiger partial charge on any atom is -0.493 e. The first-order valence-corrected chi connectivity index (χ1v) is 9.21. The second kappa shape index (κ2) is 11.0. The standard InChI is InChI=1S/C22H27NO5/c1-16(9-10-17-7-5-4-6-8-17)23-21(24)15-28-22(25)14-18-11-12-19(26-2)20(13-18)27-3/h4-8,11-13,16H,9-10,14-15H2,1-3H3,(H,23,24)/t16-/m0/s1. The fraction of sp³-hybridized carbons (Fsp3) is 0.364. The molecule has 0 saturated heterocycles. The van der Waals surface area contributed by atoms with Gasteiger partial charge in [0.15, 0.2) is 18.1 Å². The number of carbonyl (C=O) groups is 2. The molecule has 0 aromatic heterocycles. The highest BCUT2D eigenvalue weighted by molar-refractivity contribution is 5.81. The van der Waals surface area contributed by atoms with E-state index in [1.165, 1.54) is 12.7 Å². The Balaban J connectivity index is 1.72. The molecule has 0 heterocycles. The lowest BCUT2D eigenvalue weighted by Gasteiger charge is -2.14. The van der Waals surface area contributed by atoms with Crippen LogP contribution in [0.3, 0.4) is 0 Å². The smallest absolute Gasteiger partial charge is 0.310 e. The summed E-state index contributed by atoms with van der Waals surface area (Å²) in [5.41, 5.74) is 1.95. The molecule has 0 unspecified atom stereocenters. The fourth-order valence-corrected chi connectivity index (χ4v) is 2.77. The summed E-state index contributed by atoms with van der Waals surface area (Å²) in [6, 6.07) is 15.3. The Hall–Kier alpha value is -3.02. The van der Waals surface area contributed by atoms with Gasteiger partial charge >= 0.3 is 5.97 Å². The maximum absolute atomic E-state index is 12.0. The highest BCUT2D eigenvalue weighted by Gasteiger charge is 2.13. The van der Waals surface area contributed by atoms with Gasteiger partial charge in [-0.1, -0.05) is 36.4 Å². The maximum Gasteiger partial charge on any atom is 0.310 e. The molecule has 0 spiro atoms. The molecular formula is C22H27NO5. The van der Waals surface area contributed by atoms with Gasteiger partial charge in [0, 0.05) is 6.04 Å². The van der Waals surface area contributed by atoms with E-state index in [1.807, 2.05) is 25.1 Å². The zero-order chi connectivity index (χ0) is 20.4. The largest absolute Gasteiger partial charge is 0.493 e. The predicted octanol–water partition coefficient (Wildman–Crippen LogP) is 2.93. The average Bonchev–Trinajstić information content (AvgIpc) is 2.71. The van der Waals surface area contributed by atoms with Crippen LogP contribution in [0.5, 0.6) is 11.5 Å². The zero-order valence-corrected chi connectivity index (χ0v) is 16.6. The highest BCUT2D eigenvalue weighted by Crippen LogP contribution is 2.27. The van der Waals surface area contributed by atoms with Gasteiger partial charge in [-0.2, -0.15) is 0 Å². The number of nitrogens with one attached hydrogen (secondary N) is 1. The molecule has 2 aromatic carbocycles. The van der Waals surface area contributed by atoms with Crippen LogP contribution >= 0.6 is 0 Å². The maximum atomic E-state index is 12.0. The van der Waals surface area contributed by atoms with Crippen molar-refractivity contribution in [3.05, 3.63) is 59.7 Å². The van der Waals surface area contributed by atoms with Crippen molar-refractivity contribution in [2.24, 2.45) is 0 Å². The lowest BCUT2D eigenvalue weighted by Crippen LogP contribution is -2.36. The molecule has 0 radical (unpaired) electrons. The van der Waals surface area contributed by atoms with E-state index in [4.69, 9.17) is 14.2 Å². The van der Waals surface area contributed by atoms with Crippen molar-refractivity contribution in [3.8, 4) is 11.5 Å². The van der Waals surface area contributed by atoms with Crippen molar-refractivity contribution in [3.63, 3.8) is 0 Å². The summed E-state index contributed by atoms with van der Waals surface area (Å²) in [6.45, 7) is 1.65. The fourth-order valence-electron chi connectivity index (χ4n) is 2.77. The molecule has 0 aliphatic heterocycles. The van der Waals surface area contributed by atoms with Crippen LogP contribution in [0.4, 0.5) is 0 Å². The minimum absolute atomic E-state index is 0.00254. The van der Waals surface area contributed by atoms with Crippen molar-refractivity contribution in [1.82, 2.24) is 5.32 Å². The molecule has 0 aliphatic rings. The Kier molecular flexibility index (Phi) is 8.34. The number of hydrogen-bond acceptors (Lipinski definition) is 5. The predicted molar refractivity (Wildman–Crippen MR) is 107 cm³/mol. The molecule has 1 atom stereocenters. The van der Waals surface area contributed by atoms with E-state index >= 15 is 0 Å². The van der Waals surface area contributed by atoms with Crippen LogP contribution in [0, 0.1) is 0 Å². The van der Waals surface area contributed by atoms with Crippen LogP contribution in [-0.2, 0) is 27.2 Å². The third-order valence-electron chi connectivity index (χ3n) is 4.28. The Labute approximate surface area is 165 Å². The summed E-state index contributed by atoms with van der Waals surface area (Å²) in [5.74, 6) is 0.349. The first-order valence-electron chi connectivity index (χ1n) is 9.21. The van der Waals surface area contributed by atoms with E-state index in [1.54, 1.807) is 25.3 Å². The van der Waals surface area contributed by atoms with Gasteiger partial charge in [0.05, 0.1) is 20.6 Å². The molecule has 6 nitrogen and oxygen atoms in total. The monoisotopic (exact) mass is 385 g/mol.